The van der Waals surface area contributed by atoms with Crippen molar-refractivity contribution in [3.05, 3.63) is 23.8 Å². The number of carboxylic acid groups (broad SMARTS) is 1. The molecular formula is C16H22N2O5. The van der Waals surface area contributed by atoms with E-state index in [4.69, 9.17) is 14.6 Å². The molecule has 0 radical (unpaired) electrons. The van der Waals surface area contributed by atoms with E-state index in [2.05, 4.69) is 5.32 Å². The number of carbonyl (C=O) groups excluding carboxylic acids is 1. The van der Waals surface area contributed by atoms with Crippen molar-refractivity contribution in [2.75, 3.05) is 34.0 Å². The van der Waals surface area contributed by atoms with E-state index in [0.717, 1.165) is 13.0 Å². The Morgan fingerprint density at radius 1 is 1.26 bits per heavy atom. The second kappa shape index (κ2) is 7.82. The molecule has 7 nitrogen and oxygen atoms in total. The molecule has 1 aliphatic rings. The zero-order chi connectivity index (χ0) is 16.8. The molecule has 0 aliphatic carbocycles. The molecule has 0 saturated carbocycles. The summed E-state index contributed by atoms with van der Waals surface area (Å²) in [4.78, 5) is 25.3. The molecule has 0 aromatic heterocycles. The lowest BCUT2D eigenvalue weighted by Crippen LogP contribution is -2.44. The van der Waals surface area contributed by atoms with E-state index >= 15 is 0 Å². The number of hydrogen-bond acceptors (Lipinski definition) is 5. The highest BCUT2D eigenvalue weighted by Gasteiger charge is 2.25. The molecule has 1 amide bonds. The number of aliphatic carboxylic acids is 1. The van der Waals surface area contributed by atoms with Crippen LogP contribution in [0.5, 0.6) is 11.5 Å². The number of methoxy groups -OCH3 is 2. The number of ether oxygens (including phenoxy) is 2. The fourth-order valence-electron chi connectivity index (χ4n) is 2.62. The molecule has 1 saturated heterocycles. The van der Waals surface area contributed by atoms with Gasteiger partial charge >= 0.3 is 5.97 Å². The van der Waals surface area contributed by atoms with Gasteiger partial charge in [0.15, 0.2) is 0 Å². The van der Waals surface area contributed by atoms with Crippen molar-refractivity contribution in [3.8, 4) is 11.5 Å². The molecule has 1 aromatic rings. The molecular weight excluding hydrogens is 300 g/mol. The van der Waals surface area contributed by atoms with Crippen LogP contribution in [0.3, 0.4) is 0 Å². The number of benzene rings is 1. The molecule has 2 rings (SSSR count). The fourth-order valence-corrected chi connectivity index (χ4v) is 2.62. The first-order valence-electron chi connectivity index (χ1n) is 7.50. The van der Waals surface area contributed by atoms with Gasteiger partial charge in [-0.2, -0.15) is 0 Å². The lowest BCUT2D eigenvalue weighted by molar-refractivity contribution is -0.143. The number of nitrogens with one attached hydrogen (secondary N) is 1. The molecule has 1 fully saturated rings. The van der Waals surface area contributed by atoms with Gasteiger partial charge in [0.25, 0.3) is 5.91 Å². The maximum absolute atomic E-state index is 12.3. The zero-order valence-electron chi connectivity index (χ0n) is 13.4. The molecule has 1 aliphatic heterocycles. The number of likely N-dealkylation sites (tertiary alicyclic amines) is 1. The van der Waals surface area contributed by atoms with Crippen molar-refractivity contribution in [3.63, 3.8) is 0 Å². The van der Waals surface area contributed by atoms with Gasteiger partial charge in [-0.15, -0.1) is 0 Å². The Balaban J connectivity index is 1.95. The maximum atomic E-state index is 12.3. The summed E-state index contributed by atoms with van der Waals surface area (Å²) in [5.74, 6) is -0.312. The summed E-state index contributed by atoms with van der Waals surface area (Å²) in [6, 6.07) is 4.96. The normalized spacial score (nSPS) is 18.3. The number of piperidine rings is 1. The van der Waals surface area contributed by atoms with Gasteiger partial charge in [0.2, 0.25) is 0 Å². The molecule has 1 atom stereocenters. The second-order valence-corrected chi connectivity index (χ2v) is 5.52. The average molecular weight is 322 g/mol. The van der Waals surface area contributed by atoms with Crippen LogP contribution >= 0.6 is 0 Å². The number of rotatable bonds is 6. The first-order chi connectivity index (χ1) is 11.0. The summed E-state index contributed by atoms with van der Waals surface area (Å²) < 4.78 is 10.3. The van der Waals surface area contributed by atoms with Crippen LogP contribution in [0.25, 0.3) is 0 Å². The number of carboxylic acids is 1. The van der Waals surface area contributed by atoms with Gasteiger partial charge in [-0.1, -0.05) is 0 Å². The topological polar surface area (TPSA) is 88.1 Å². The largest absolute Gasteiger partial charge is 0.497 e. The van der Waals surface area contributed by atoms with E-state index < -0.39 is 5.97 Å². The number of carbonyl (C=O) groups is 2. The van der Waals surface area contributed by atoms with E-state index in [1.165, 1.54) is 14.2 Å². The summed E-state index contributed by atoms with van der Waals surface area (Å²) >= 11 is 0. The lowest BCUT2D eigenvalue weighted by Gasteiger charge is -2.30. The first kappa shape index (κ1) is 17.1. The van der Waals surface area contributed by atoms with Gasteiger partial charge in [-0.25, -0.2) is 0 Å². The van der Waals surface area contributed by atoms with E-state index in [1.54, 1.807) is 18.2 Å². The average Bonchev–Trinajstić information content (AvgIpc) is 2.59. The van der Waals surface area contributed by atoms with Crippen molar-refractivity contribution in [2.24, 2.45) is 5.92 Å². The third-order valence-corrected chi connectivity index (χ3v) is 3.93. The van der Waals surface area contributed by atoms with Gasteiger partial charge in [0, 0.05) is 18.2 Å². The van der Waals surface area contributed by atoms with Gasteiger partial charge in [-0.3, -0.25) is 14.5 Å². The van der Waals surface area contributed by atoms with Crippen molar-refractivity contribution in [1.82, 2.24) is 10.2 Å². The lowest BCUT2D eigenvalue weighted by atomic mass is 9.99. The fraction of sp³-hybridized carbons (Fsp3) is 0.500. The van der Waals surface area contributed by atoms with E-state index in [9.17, 15) is 9.59 Å². The van der Waals surface area contributed by atoms with Crippen LogP contribution in [0.4, 0.5) is 0 Å². The molecule has 1 heterocycles. The van der Waals surface area contributed by atoms with Crippen molar-refractivity contribution < 1.29 is 24.2 Å². The molecule has 7 heteroatoms. The highest BCUT2D eigenvalue weighted by Crippen LogP contribution is 2.22. The molecule has 126 valence electrons. The molecule has 23 heavy (non-hydrogen) atoms. The van der Waals surface area contributed by atoms with Crippen molar-refractivity contribution in [2.45, 2.75) is 12.8 Å². The summed E-state index contributed by atoms with van der Waals surface area (Å²) in [5.41, 5.74) is 0.438. The van der Waals surface area contributed by atoms with E-state index in [-0.39, 0.29) is 11.8 Å². The van der Waals surface area contributed by atoms with Crippen LogP contribution in [0.1, 0.15) is 23.2 Å². The zero-order valence-corrected chi connectivity index (χ0v) is 13.4. The van der Waals surface area contributed by atoms with Crippen molar-refractivity contribution >= 4 is 11.9 Å². The Labute approximate surface area is 135 Å². The van der Waals surface area contributed by atoms with Gasteiger partial charge in [0.05, 0.1) is 26.8 Å². The minimum atomic E-state index is -0.779. The van der Waals surface area contributed by atoms with Crippen LogP contribution in [-0.2, 0) is 4.79 Å². The third kappa shape index (κ3) is 4.59. The highest BCUT2D eigenvalue weighted by atomic mass is 16.5. The molecule has 2 N–H and O–H groups in total. The third-order valence-electron chi connectivity index (χ3n) is 3.93. The quantitative estimate of drug-likeness (QED) is 0.818. The van der Waals surface area contributed by atoms with Crippen LogP contribution in [-0.4, -0.2) is 55.9 Å². The smallest absolute Gasteiger partial charge is 0.307 e. The SMILES string of the molecule is COc1cc(OC)cc(C(=O)NCN2CCCC(C(=O)O)C2)c1. The van der Waals surface area contributed by atoms with Gasteiger partial charge < -0.3 is 19.9 Å². The Morgan fingerprint density at radius 3 is 2.48 bits per heavy atom. The minimum absolute atomic E-state index is 0.250. The van der Waals surface area contributed by atoms with Crippen molar-refractivity contribution in [1.29, 1.82) is 0 Å². The highest BCUT2D eigenvalue weighted by molar-refractivity contribution is 5.95. The molecule has 0 spiro atoms. The predicted octanol–water partition coefficient (Wildman–Crippen LogP) is 1.19. The summed E-state index contributed by atoms with van der Waals surface area (Å²) in [7, 11) is 3.05. The first-order valence-corrected chi connectivity index (χ1v) is 7.50. The summed E-state index contributed by atoms with van der Waals surface area (Å²) in [6.45, 7) is 1.56. The molecule has 0 bridgehead atoms. The second-order valence-electron chi connectivity index (χ2n) is 5.52. The number of nitrogens with zero attached hydrogens (tertiary/aromatic N) is 1. The molecule has 1 aromatic carbocycles. The number of amides is 1. The maximum Gasteiger partial charge on any atom is 0.307 e. The number of hydrogen-bond donors (Lipinski definition) is 2. The minimum Gasteiger partial charge on any atom is -0.497 e. The monoisotopic (exact) mass is 322 g/mol. The van der Waals surface area contributed by atoms with Crippen LogP contribution in [0.15, 0.2) is 18.2 Å². The Kier molecular flexibility index (Phi) is 5.81. The summed E-state index contributed by atoms with van der Waals surface area (Å²) in [5, 5.41) is 11.9. The van der Waals surface area contributed by atoms with Gasteiger partial charge in [-0.05, 0) is 31.5 Å². The van der Waals surface area contributed by atoms with E-state index in [1.807, 2.05) is 4.90 Å². The Morgan fingerprint density at radius 2 is 1.91 bits per heavy atom. The van der Waals surface area contributed by atoms with Crippen LogP contribution in [0.2, 0.25) is 0 Å². The summed E-state index contributed by atoms with van der Waals surface area (Å²) in [6.07, 6.45) is 1.51. The van der Waals surface area contributed by atoms with E-state index in [0.29, 0.717) is 36.7 Å². The Hall–Kier alpha value is -2.28. The standard InChI is InChI=1S/C16H22N2O5/c1-22-13-6-12(7-14(8-13)23-2)15(19)17-10-18-5-3-4-11(9-18)16(20)21/h6-8,11H,3-5,9-10H2,1-2H3,(H,17,19)(H,20,21). The van der Waals surface area contributed by atoms with Gasteiger partial charge in [0.1, 0.15) is 11.5 Å². The van der Waals surface area contributed by atoms with Crippen LogP contribution in [0, 0.1) is 5.92 Å². The molecule has 1 unspecified atom stereocenters. The van der Waals surface area contributed by atoms with Crippen LogP contribution < -0.4 is 14.8 Å². The Bertz CT molecular complexity index is 553. The predicted molar refractivity (Wildman–Crippen MR) is 83.8 cm³/mol.